The number of hydrogen-bond acceptors (Lipinski definition) is 9. The predicted molar refractivity (Wildman–Crippen MR) is 123 cm³/mol. The van der Waals surface area contributed by atoms with Crippen LogP contribution in [0.4, 0.5) is 14.5 Å². The van der Waals surface area contributed by atoms with Crippen LogP contribution in [0.25, 0.3) is 16.9 Å². The van der Waals surface area contributed by atoms with Gasteiger partial charge in [-0.15, -0.1) is 0 Å². The quantitative estimate of drug-likeness (QED) is 0.362. The lowest BCUT2D eigenvalue weighted by Crippen LogP contribution is -2.40. The number of aromatic nitrogens is 5. The molecule has 0 bridgehead atoms. The van der Waals surface area contributed by atoms with Gasteiger partial charge in [-0.25, -0.2) is 17.9 Å². The Morgan fingerprint density at radius 1 is 1.35 bits per heavy atom. The second-order valence-corrected chi connectivity index (χ2v) is 10.1. The van der Waals surface area contributed by atoms with Gasteiger partial charge in [-0.05, 0) is 24.3 Å². The Kier molecular flexibility index (Phi) is 6.27. The molecule has 15 heteroatoms. The molecule has 1 aliphatic rings. The standard InChI is InChI=1S/C22H17F2N7O5S/c23-22(24)36-18-3-2-13(37(33,34)14-11-35-12-14)8-15(18)19-17(10-30(29-19)7-4-25)28-21(32)16-9-27-31-6-1-5-26-20(16)31/h1-3,5-6,8-10,14,22H,7,11-12H2,(H,28,32). The molecule has 1 fully saturated rings. The minimum Gasteiger partial charge on any atom is -0.434 e. The summed E-state index contributed by atoms with van der Waals surface area (Å²) in [7, 11) is -3.84. The highest BCUT2D eigenvalue weighted by Gasteiger charge is 2.35. The maximum atomic E-state index is 13.2. The van der Waals surface area contributed by atoms with Crippen LogP contribution in [0.15, 0.2) is 53.9 Å². The van der Waals surface area contributed by atoms with Crippen molar-refractivity contribution in [3.8, 4) is 23.1 Å². The molecule has 1 amide bonds. The highest BCUT2D eigenvalue weighted by molar-refractivity contribution is 7.92. The summed E-state index contributed by atoms with van der Waals surface area (Å²) in [5.74, 6) is -1.01. The van der Waals surface area contributed by atoms with Gasteiger partial charge in [0.05, 0.1) is 42.3 Å². The molecule has 0 aliphatic carbocycles. The first kappa shape index (κ1) is 24.3. The number of fused-ring (bicyclic) bond motifs is 1. The molecule has 0 unspecified atom stereocenters. The predicted octanol–water partition coefficient (Wildman–Crippen LogP) is 2.14. The third-order valence-corrected chi connectivity index (χ3v) is 7.62. The maximum absolute atomic E-state index is 13.2. The lowest BCUT2D eigenvalue weighted by Gasteiger charge is -2.26. The summed E-state index contributed by atoms with van der Waals surface area (Å²) in [5, 5.41) is 19.3. The Morgan fingerprint density at radius 2 is 2.16 bits per heavy atom. The SMILES string of the molecule is N#CCn1cc(NC(=O)c2cnn3cccnc23)c(-c2cc(S(=O)(=O)C3COC3)ccc2OC(F)F)n1. The van der Waals surface area contributed by atoms with Crippen molar-refractivity contribution in [1.82, 2.24) is 24.4 Å². The van der Waals surface area contributed by atoms with E-state index in [0.717, 1.165) is 18.2 Å². The molecule has 1 aliphatic heterocycles. The van der Waals surface area contributed by atoms with Crippen molar-refractivity contribution in [2.45, 2.75) is 23.3 Å². The average Bonchev–Trinajstić information content (AvgIpc) is 3.42. The zero-order valence-electron chi connectivity index (χ0n) is 18.8. The lowest BCUT2D eigenvalue weighted by molar-refractivity contribution is -0.0494. The van der Waals surface area contributed by atoms with Crippen LogP contribution in [0.3, 0.4) is 0 Å². The molecule has 1 aromatic carbocycles. The normalized spacial score (nSPS) is 13.9. The van der Waals surface area contributed by atoms with Crippen LogP contribution in [0.2, 0.25) is 0 Å². The average molecular weight is 529 g/mol. The zero-order valence-corrected chi connectivity index (χ0v) is 19.6. The number of carbonyl (C=O) groups excluding carboxylic acids is 1. The second-order valence-electron chi connectivity index (χ2n) is 7.89. The topological polar surface area (TPSA) is 154 Å². The number of nitrogens with zero attached hydrogens (tertiary/aromatic N) is 6. The van der Waals surface area contributed by atoms with Crippen molar-refractivity contribution in [2.75, 3.05) is 18.5 Å². The van der Waals surface area contributed by atoms with Crippen LogP contribution in [0.1, 0.15) is 10.4 Å². The number of nitriles is 1. The number of sulfone groups is 1. The smallest absolute Gasteiger partial charge is 0.387 e. The van der Waals surface area contributed by atoms with Gasteiger partial charge in [0.25, 0.3) is 5.91 Å². The van der Waals surface area contributed by atoms with E-state index in [0.29, 0.717) is 0 Å². The summed E-state index contributed by atoms with van der Waals surface area (Å²) in [5.41, 5.74) is 0.210. The molecular weight excluding hydrogens is 512 g/mol. The Hall–Kier alpha value is -4.42. The summed E-state index contributed by atoms with van der Waals surface area (Å²) in [6.07, 6.45) is 5.71. The number of ether oxygens (including phenoxy) is 2. The molecule has 37 heavy (non-hydrogen) atoms. The van der Waals surface area contributed by atoms with Crippen LogP contribution in [-0.2, 0) is 21.1 Å². The summed E-state index contributed by atoms with van der Waals surface area (Å²) in [4.78, 5) is 17.1. The third-order valence-electron chi connectivity index (χ3n) is 5.56. The van der Waals surface area contributed by atoms with Crippen molar-refractivity contribution in [2.24, 2.45) is 0 Å². The molecule has 4 heterocycles. The van der Waals surface area contributed by atoms with Crippen LogP contribution in [0.5, 0.6) is 5.75 Å². The number of rotatable bonds is 8. The minimum absolute atomic E-state index is 0.0126. The van der Waals surface area contributed by atoms with E-state index in [1.54, 1.807) is 12.3 Å². The van der Waals surface area contributed by atoms with E-state index in [2.05, 4.69) is 25.2 Å². The molecule has 0 radical (unpaired) electrons. The summed E-state index contributed by atoms with van der Waals surface area (Å²) < 4.78 is 64.5. The Balaban J connectivity index is 1.60. The third kappa shape index (κ3) is 4.59. The number of carbonyl (C=O) groups is 1. The first-order valence-corrected chi connectivity index (χ1v) is 12.3. The molecule has 0 atom stereocenters. The molecular formula is C22H17F2N7O5S. The van der Waals surface area contributed by atoms with Crippen molar-refractivity contribution < 1.29 is 31.5 Å². The molecule has 4 aromatic rings. The molecule has 0 saturated carbocycles. The maximum Gasteiger partial charge on any atom is 0.387 e. The summed E-state index contributed by atoms with van der Waals surface area (Å²) in [6, 6.07) is 6.93. The first-order valence-electron chi connectivity index (χ1n) is 10.7. The molecule has 190 valence electrons. The van der Waals surface area contributed by atoms with Gasteiger partial charge < -0.3 is 14.8 Å². The Bertz CT molecular complexity index is 1640. The molecule has 1 saturated heterocycles. The van der Waals surface area contributed by atoms with E-state index >= 15 is 0 Å². The largest absolute Gasteiger partial charge is 0.434 e. The molecule has 12 nitrogen and oxygen atoms in total. The minimum atomic E-state index is -3.84. The van der Waals surface area contributed by atoms with E-state index in [4.69, 9.17) is 10.00 Å². The van der Waals surface area contributed by atoms with Gasteiger partial charge in [0.15, 0.2) is 15.5 Å². The molecule has 3 aromatic heterocycles. The molecule has 5 rings (SSSR count). The van der Waals surface area contributed by atoms with Gasteiger partial charge in [-0.3, -0.25) is 9.48 Å². The van der Waals surface area contributed by atoms with Crippen LogP contribution in [-0.4, -0.2) is 63.8 Å². The lowest BCUT2D eigenvalue weighted by atomic mass is 10.1. The molecule has 1 N–H and O–H groups in total. The van der Waals surface area contributed by atoms with Gasteiger partial charge in [0.1, 0.15) is 28.8 Å². The fourth-order valence-electron chi connectivity index (χ4n) is 3.70. The monoisotopic (exact) mass is 529 g/mol. The fourth-order valence-corrected chi connectivity index (χ4v) is 5.17. The molecule has 0 spiro atoms. The van der Waals surface area contributed by atoms with Crippen molar-refractivity contribution in [3.05, 3.63) is 54.6 Å². The second kappa shape index (κ2) is 9.56. The van der Waals surface area contributed by atoms with Gasteiger partial charge in [-0.1, -0.05) is 0 Å². The Morgan fingerprint density at radius 3 is 2.86 bits per heavy atom. The summed E-state index contributed by atoms with van der Waals surface area (Å²) >= 11 is 0. The highest BCUT2D eigenvalue weighted by atomic mass is 32.2. The number of anilines is 1. The summed E-state index contributed by atoms with van der Waals surface area (Å²) in [6.45, 7) is -3.42. The van der Waals surface area contributed by atoms with Gasteiger partial charge >= 0.3 is 6.61 Å². The van der Waals surface area contributed by atoms with Crippen molar-refractivity contribution >= 4 is 27.1 Å². The van der Waals surface area contributed by atoms with E-state index in [1.807, 2.05) is 6.07 Å². The van der Waals surface area contributed by atoms with E-state index in [9.17, 15) is 22.0 Å². The van der Waals surface area contributed by atoms with Crippen LogP contribution < -0.4 is 10.1 Å². The number of nitrogens with one attached hydrogen (secondary N) is 1. The van der Waals surface area contributed by atoms with Gasteiger partial charge in [0, 0.05) is 18.0 Å². The number of hydrogen-bond donors (Lipinski definition) is 1. The number of amides is 1. The van der Waals surface area contributed by atoms with E-state index < -0.39 is 27.6 Å². The van der Waals surface area contributed by atoms with Crippen molar-refractivity contribution in [3.63, 3.8) is 0 Å². The van der Waals surface area contributed by atoms with Crippen LogP contribution in [0, 0.1) is 11.3 Å². The first-order chi connectivity index (χ1) is 17.8. The number of alkyl halides is 2. The van der Waals surface area contributed by atoms with Gasteiger partial charge in [0.2, 0.25) is 0 Å². The van der Waals surface area contributed by atoms with Crippen molar-refractivity contribution in [1.29, 1.82) is 5.26 Å². The number of halogens is 2. The van der Waals surface area contributed by atoms with E-state index in [-0.39, 0.29) is 58.6 Å². The Labute approximate surface area is 208 Å². The van der Waals surface area contributed by atoms with Gasteiger partial charge in [-0.2, -0.15) is 24.2 Å². The zero-order chi connectivity index (χ0) is 26.2. The van der Waals surface area contributed by atoms with E-state index in [1.165, 1.54) is 27.8 Å². The number of benzene rings is 1. The van der Waals surface area contributed by atoms with Crippen LogP contribution >= 0.6 is 0 Å². The highest BCUT2D eigenvalue weighted by Crippen LogP contribution is 2.38. The fraction of sp³-hybridized carbons (Fsp3) is 0.227.